The molecule has 0 radical (unpaired) electrons. The second kappa shape index (κ2) is 7.37. The Balaban J connectivity index is 2.09. The average molecular weight is 379 g/mol. The summed E-state index contributed by atoms with van der Waals surface area (Å²) in [6, 6.07) is 11.0. The standard InChI is InChI=1S/C17H16BrFN2O2/c1-21(2)17(23)12-5-3-4-11(8-12)10-20-16(22)14-9-13(19)6-7-15(14)18/h3-9H,10H2,1-2H3,(H,20,22). The van der Waals surface area contributed by atoms with Gasteiger partial charge in [0.15, 0.2) is 0 Å². The van der Waals surface area contributed by atoms with E-state index < -0.39 is 5.82 Å². The molecule has 120 valence electrons. The van der Waals surface area contributed by atoms with Gasteiger partial charge in [0, 0.05) is 30.7 Å². The number of carbonyl (C=O) groups excluding carboxylic acids is 2. The quantitative estimate of drug-likeness (QED) is 0.887. The van der Waals surface area contributed by atoms with E-state index in [-0.39, 0.29) is 23.9 Å². The smallest absolute Gasteiger partial charge is 0.253 e. The second-order valence-corrected chi connectivity index (χ2v) is 6.06. The summed E-state index contributed by atoms with van der Waals surface area (Å²) in [5.74, 6) is -0.969. The van der Waals surface area contributed by atoms with Crippen LogP contribution in [-0.2, 0) is 6.54 Å². The van der Waals surface area contributed by atoms with Gasteiger partial charge in [-0.1, -0.05) is 12.1 Å². The lowest BCUT2D eigenvalue weighted by Gasteiger charge is -2.12. The third-order valence-electron chi connectivity index (χ3n) is 3.21. The molecule has 2 aromatic carbocycles. The van der Waals surface area contributed by atoms with E-state index in [2.05, 4.69) is 21.2 Å². The Morgan fingerprint density at radius 1 is 1.17 bits per heavy atom. The normalized spacial score (nSPS) is 10.3. The Morgan fingerprint density at radius 2 is 1.91 bits per heavy atom. The van der Waals surface area contributed by atoms with Crippen molar-refractivity contribution in [3.05, 3.63) is 69.4 Å². The molecule has 0 aliphatic rings. The number of hydrogen-bond acceptors (Lipinski definition) is 2. The highest BCUT2D eigenvalue weighted by molar-refractivity contribution is 9.10. The Hall–Kier alpha value is -2.21. The van der Waals surface area contributed by atoms with Crippen molar-refractivity contribution in [2.75, 3.05) is 14.1 Å². The molecule has 0 aliphatic carbocycles. The summed E-state index contributed by atoms with van der Waals surface area (Å²) >= 11 is 3.23. The summed E-state index contributed by atoms with van der Waals surface area (Å²) in [4.78, 5) is 25.6. The molecule has 0 saturated carbocycles. The Labute approximate surface area is 142 Å². The van der Waals surface area contributed by atoms with Gasteiger partial charge in [-0.15, -0.1) is 0 Å². The van der Waals surface area contributed by atoms with Crippen LogP contribution in [0, 0.1) is 5.82 Å². The molecule has 0 atom stereocenters. The topological polar surface area (TPSA) is 49.4 Å². The lowest BCUT2D eigenvalue weighted by atomic mass is 10.1. The van der Waals surface area contributed by atoms with Crippen molar-refractivity contribution >= 4 is 27.7 Å². The van der Waals surface area contributed by atoms with Gasteiger partial charge in [0.25, 0.3) is 11.8 Å². The summed E-state index contributed by atoms with van der Waals surface area (Å²) in [7, 11) is 3.36. The molecule has 2 amide bonds. The van der Waals surface area contributed by atoms with E-state index >= 15 is 0 Å². The van der Waals surface area contributed by atoms with Crippen LogP contribution in [0.5, 0.6) is 0 Å². The summed E-state index contributed by atoms with van der Waals surface area (Å²) in [6.07, 6.45) is 0. The highest BCUT2D eigenvalue weighted by Crippen LogP contribution is 2.18. The molecule has 0 spiro atoms. The molecule has 0 aromatic heterocycles. The maximum Gasteiger partial charge on any atom is 0.253 e. The van der Waals surface area contributed by atoms with Crippen LogP contribution in [0.1, 0.15) is 26.3 Å². The molecule has 0 heterocycles. The first-order chi connectivity index (χ1) is 10.9. The van der Waals surface area contributed by atoms with E-state index in [4.69, 9.17) is 0 Å². The number of halogens is 2. The lowest BCUT2D eigenvalue weighted by molar-refractivity contribution is 0.0827. The van der Waals surface area contributed by atoms with Gasteiger partial charge >= 0.3 is 0 Å². The van der Waals surface area contributed by atoms with Gasteiger partial charge in [0.2, 0.25) is 0 Å². The molecule has 2 rings (SSSR count). The highest BCUT2D eigenvalue weighted by Gasteiger charge is 2.12. The van der Waals surface area contributed by atoms with Crippen molar-refractivity contribution in [1.82, 2.24) is 10.2 Å². The molecular formula is C17H16BrFN2O2. The maximum atomic E-state index is 13.2. The fourth-order valence-electron chi connectivity index (χ4n) is 2.02. The van der Waals surface area contributed by atoms with Crippen LogP contribution in [0.15, 0.2) is 46.9 Å². The van der Waals surface area contributed by atoms with E-state index in [1.807, 2.05) is 6.07 Å². The van der Waals surface area contributed by atoms with Crippen molar-refractivity contribution in [3.63, 3.8) is 0 Å². The molecule has 0 fully saturated rings. The van der Waals surface area contributed by atoms with Crippen LogP contribution >= 0.6 is 15.9 Å². The van der Waals surface area contributed by atoms with Gasteiger partial charge in [-0.2, -0.15) is 0 Å². The van der Waals surface area contributed by atoms with E-state index in [1.165, 1.54) is 23.1 Å². The summed E-state index contributed by atoms with van der Waals surface area (Å²) in [6.45, 7) is 0.246. The van der Waals surface area contributed by atoms with Crippen LogP contribution in [-0.4, -0.2) is 30.8 Å². The largest absolute Gasteiger partial charge is 0.348 e. The van der Waals surface area contributed by atoms with E-state index in [0.717, 1.165) is 5.56 Å². The monoisotopic (exact) mass is 378 g/mol. The zero-order valence-electron chi connectivity index (χ0n) is 12.8. The van der Waals surface area contributed by atoms with Crippen molar-refractivity contribution in [3.8, 4) is 0 Å². The van der Waals surface area contributed by atoms with Crippen molar-refractivity contribution in [2.45, 2.75) is 6.54 Å². The predicted octanol–water partition coefficient (Wildman–Crippen LogP) is 3.22. The van der Waals surface area contributed by atoms with Crippen LogP contribution in [0.25, 0.3) is 0 Å². The molecule has 0 aliphatic heterocycles. The van der Waals surface area contributed by atoms with E-state index in [1.54, 1.807) is 32.3 Å². The van der Waals surface area contributed by atoms with Crippen molar-refractivity contribution in [2.24, 2.45) is 0 Å². The van der Waals surface area contributed by atoms with Gasteiger partial charge in [-0.3, -0.25) is 9.59 Å². The molecule has 1 N–H and O–H groups in total. The zero-order chi connectivity index (χ0) is 17.0. The summed E-state index contributed by atoms with van der Waals surface area (Å²) in [5, 5.41) is 2.72. The molecule has 4 nitrogen and oxygen atoms in total. The molecule has 0 bridgehead atoms. The fourth-order valence-corrected chi connectivity index (χ4v) is 2.45. The van der Waals surface area contributed by atoms with Crippen LogP contribution in [0.3, 0.4) is 0 Å². The number of amides is 2. The van der Waals surface area contributed by atoms with Crippen molar-refractivity contribution < 1.29 is 14.0 Å². The second-order valence-electron chi connectivity index (χ2n) is 5.21. The molecule has 2 aromatic rings. The SMILES string of the molecule is CN(C)C(=O)c1cccc(CNC(=O)c2cc(F)ccc2Br)c1. The maximum absolute atomic E-state index is 13.2. The molecule has 0 saturated heterocycles. The Morgan fingerprint density at radius 3 is 2.61 bits per heavy atom. The summed E-state index contributed by atoms with van der Waals surface area (Å²) < 4.78 is 13.8. The molecule has 6 heteroatoms. The average Bonchev–Trinajstić information content (AvgIpc) is 2.54. The third kappa shape index (κ3) is 4.39. The number of rotatable bonds is 4. The molecular weight excluding hydrogens is 363 g/mol. The minimum Gasteiger partial charge on any atom is -0.348 e. The third-order valence-corrected chi connectivity index (χ3v) is 3.90. The molecule has 0 unspecified atom stereocenters. The number of nitrogens with zero attached hydrogens (tertiary/aromatic N) is 1. The first-order valence-corrected chi connectivity index (χ1v) is 7.71. The van der Waals surface area contributed by atoms with Crippen LogP contribution in [0.4, 0.5) is 4.39 Å². The summed E-state index contributed by atoms with van der Waals surface area (Å²) in [5.41, 5.74) is 1.57. The fraction of sp³-hybridized carbons (Fsp3) is 0.176. The Kier molecular flexibility index (Phi) is 5.50. The highest BCUT2D eigenvalue weighted by atomic mass is 79.9. The van der Waals surface area contributed by atoms with Crippen LogP contribution < -0.4 is 5.32 Å². The van der Waals surface area contributed by atoms with Gasteiger partial charge in [-0.05, 0) is 51.8 Å². The molecule has 23 heavy (non-hydrogen) atoms. The van der Waals surface area contributed by atoms with Gasteiger partial charge < -0.3 is 10.2 Å². The van der Waals surface area contributed by atoms with Crippen molar-refractivity contribution in [1.29, 1.82) is 0 Å². The number of benzene rings is 2. The van der Waals surface area contributed by atoms with E-state index in [0.29, 0.717) is 10.0 Å². The lowest BCUT2D eigenvalue weighted by Crippen LogP contribution is -2.24. The predicted molar refractivity (Wildman–Crippen MR) is 89.7 cm³/mol. The zero-order valence-corrected chi connectivity index (χ0v) is 14.4. The van der Waals surface area contributed by atoms with Gasteiger partial charge in [0.05, 0.1) is 5.56 Å². The minimum atomic E-state index is -0.475. The number of hydrogen-bond donors (Lipinski definition) is 1. The minimum absolute atomic E-state index is 0.106. The number of nitrogens with one attached hydrogen (secondary N) is 1. The number of carbonyl (C=O) groups is 2. The van der Waals surface area contributed by atoms with Crippen LogP contribution in [0.2, 0.25) is 0 Å². The first-order valence-electron chi connectivity index (χ1n) is 6.92. The van der Waals surface area contributed by atoms with Gasteiger partial charge in [-0.25, -0.2) is 4.39 Å². The first kappa shape index (κ1) is 17.1. The van der Waals surface area contributed by atoms with Gasteiger partial charge in [0.1, 0.15) is 5.82 Å². The van der Waals surface area contributed by atoms with E-state index in [9.17, 15) is 14.0 Å². The Bertz CT molecular complexity index is 747.